The highest BCUT2D eigenvalue weighted by Crippen LogP contribution is 2.28. The van der Waals surface area contributed by atoms with E-state index < -0.39 is 10.0 Å². The zero-order valence-corrected chi connectivity index (χ0v) is 20.2. The van der Waals surface area contributed by atoms with Crippen molar-refractivity contribution in [2.24, 2.45) is 5.92 Å². The fourth-order valence-corrected chi connectivity index (χ4v) is 5.09. The molecule has 0 saturated carbocycles. The number of benzene rings is 2. The molecule has 2 N–H and O–H groups in total. The van der Waals surface area contributed by atoms with Crippen molar-refractivity contribution in [3.8, 4) is 11.4 Å². The van der Waals surface area contributed by atoms with Gasteiger partial charge in [-0.3, -0.25) is 14.4 Å². The van der Waals surface area contributed by atoms with E-state index in [1.54, 1.807) is 42.5 Å². The fourth-order valence-electron chi connectivity index (χ4n) is 3.42. The molecule has 0 aliphatic rings. The number of nitrogens with zero attached hydrogens (tertiary/aromatic N) is 2. The van der Waals surface area contributed by atoms with Crippen LogP contribution in [-0.2, 0) is 10.0 Å². The van der Waals surface area contributed by atoms with Crippen LogP contribution in [0.1, 0.15) is 46.1 Å². The third kappa shape index (κ3) is 5.75. The number of rotatable bonds is 9. The fraction of sp³-hybridized carbons (Fsp3) is 0.364. The van der Waals surface area contributed by atoms with Gasteiger partial charge in [-0.25, -0.2) is 8.42 Å². The van der Waals surface area contributed by atoms with E-state index in [1.807, 2.05) is 10.6 Å². The molecule has 0 radical (unpaired) electrons. The Morgan fingerprint density at radius 3 is 2.58 bits per heavy atom. The maximum atomic E-state index is 12.9. The molecular weight excluding hydrogens is 452 g/mol. The molecule has 0 amide bonds. The van der Waals surface area contributed by atoms with Crippen LogP contribution in [0.4, 0.5) is 5.69 Å². The highest BCUT2D eigenvalue weighted by molar-refractivity contribution is 7.92. The standard InChI is InChI=1S/C22H27ClN4O2S2/c1-15(2)8-6-9-16(3)27-21(24-25-22(27)30)17-10-7-11-18(14-17)31(28,29)26-20-13-5-4-12-19(20)23/h4-5,7,10-16,26H,6,8-9H2,1-3H3,(H,25,30). The van der Waals surface area contributed by atoms with Crippen LogP contribution in [0.15, 0.2) is 53.4 Å². The molecule has 1 aromatic heterocycles. The molecule has 3 aromatic rings. The van der Waals surface area contributed by atoms with Crippen molar-refractivity contribution in [1.29, 1.82) is 0 Å². The SMILES string of the molecule is CC(C)CCCC(C)n1c(-c2cccc(S(=O)(=O)Nc3ccccc3Cl)c2)n[nH]c1=S. The Morgan fingerprint density at radius 2 is 1.87 bits per heavy atom. The van der Waals surface area contributed by atoms with Gasteiger partial charge in [-0.2, -0.15) is 5.10 Å². The first-order valence-corrected chi connectivity index (χ1v) is 12.5. The highest BCUT2D eigenvalue weighted by Gasteiger charge is 2.19. The van der Waals surface area contributed by atoms with Crippen LogP contribution in [0.25, 0.3) is 11.4 Å². The van der Waals surface area contributed by atoms with Crippen LogP contribution in [0.2, 0.25) is 5.02 Å². The Morgan fingerprint density at radius 1 is 1.13 bits per heavy atom. The van der Waals surface area contributed by atoms with Crippen molar-refractivity contribution in [3.63, 3.8) is 0 Å². The minimum atomic E-state index is -3.82. The quantitative estimate of drug-likeness (QED) is 0.346. The first-order valence-electron chi connectivity index (χ1n) is 10.2. The van der Waals surface area contributed by atoms with Crippen molar-refractivity contribution in [1.82, 2.24) is 14.8 Å². The summed E-state index contributed by atoms with van der Waals surface area (Å²) >= 11 is 11.6. The number of nitrogens with one attached hydrogen (secondary N) is 2. The summed E-state index contributed by atoms with van der Waals surface area (Å²) in [6.07, 6.45) is 3.19. The van der Waals surface area contributed by atoms with Crippen molar-refractivity contribution >= 4 is 39.5 Å². The lowest BCUT2D eigenvalue weighted by molar-refractivity contribution is 0.446. The first-order chi connectivity index (χ1) is 14.7. The number of para-hydroxylation sites is 1. The second-order valence-corrected chi connectivity index (χ2v) is 10.5. The zero-order chi connectivity index (χ0) is 22.6. The summed E-state index contributed by atoms with van der Waals surface area (Å²) in [7, 11) is -3.82. The van der Waals surface area contributed by atoms with E-state index in [1.165, 1.54) is 0 Å². The monoisotopic (exact) mass is 478 g/mol. The van der Waals surface area contributed by atoms with Gasteiger partial charge in [0.25, 0.3) is 10.0 Å². The number of sulfonamides is 1. The lowest BCUT2D eigenvalue weighted by Gasteiger charge is -2.17. The molecule has 1 heterocycles. The summed E-state index contributed by atoms with van der Waals surface area (Å²) in [4.78, 5) is 0.123. The Kier molecular flexibility index (Phi) is 7.56. The van der Waals surface area contributed by atoms with Gasteiger partial charge in [0.1, 0.15) is 0 Å². The van der Waals surface area contributed by atoms with Crippen LogP contribution in [-0.4, -0.2) is 23.2 Å². The lowest BCUT2D eigenvalue weighted by atomic mass is 10.0. The van der Waals surface area contributed by atoms with Gasteiger partial charge in [-0.1, -0.05) is 62.6 Å². The normalized spacial score (nSPS) is 12.8. The average molecular weight is 479 g/mol. The molecule has 9 heteroatoms. The van der Waals surface area contributed by atoms with E-state index in [0.717, 1.165) is 19.3 Å². The Hall–Kier alpha value is -2.16. The highest BCUT2D eigenvalue weighted by atomic mass is 35.5. The van der Waals surface area contributed by atoms with Gasteiger partial charge in [0.05, 0.1) is 15.6 Å². The van der Waals surface area contributed by atoms with Crippen LogP contribution in [0.5, 0.6) is 0 Å². The number of hydrogen-bond acceptors (Lipinski definition) is 4. The Labute approximate surface area is 193 Å². The molecule has 31 heavy (non-hydrogen) atoms. The molecule has 166 valence electrons. The minimum Gasteiger partial charge on any atom is -0.297 e. The number of anilines is 1. The number of H-pyrrole nitrogens is 1. The Balaban J connectivity index is 1.90. The molecule has 3 rings (SSSR count). The smallest absolute Gasteiger partial charge is 0.261 e. The molecule has 0 aliphatic heterocycles. The maximum absolute atomic E-state index is 12.9. The molecule has 0 spiro atoms. The van der Waals surface area contributed by atoms with Crippen LogP contribution >= 0.6 is 23.8 Å². The average Bonchev–Trinajstić information content (AvgIpc) is 3.11. The van der Waals surface area contributed by atoms with Crippen molar-refractivity contribution in [2.75, 3.05) is 4.72 Å². The maximum Gasteiger partial charge on any atom is 0.261 e. The van der Waals surface area contributed by atoms with Gasteiger partial charge < -0.3 is 0 Å². The molecule has 1 atom stereocenters. The summed E-state index contributed by atoms with van der Waals surface area (Å²) in [5, 5.41) is 7.57. The van der Waals surface area contributed by atoms with E-state index in [9.17, 15) is 8.42 Å². The van der Waals surface area contributed by atoms with E-state index in [0.29, 0.717) is 32.8 Å². The minimum absolute atomic E-state index is 0.123. The number of halogens is 1. The predicted molar refractivity (Wildman–Crippen MR) is 129 cm³/mol. The topological polar surface area (TPSA) is 79.8 Å². The molecular formula is C22H27ClN4O2S2. The van der Waals surface area contributed by atoms with E-state index in [2.05, 4.69) is 35.7 Å². The van der Waals surface area contributed by atoms with Crippen molar-refractivity contribution < 1.29 is 8.42 Å². The Bertz CT molecular complexity index is 1200. The molecule has 2 aromatic carbocycles. The van der Waals surface area contributed by atoms with Crippen LogP contribution < -0.4 is 4.72 Å². The van der Waals surface area contributed by atoms with Gasteiger partial charge in [-0.15, -0.1) is 0 Å². The second-order valence-electron chi connectivity index (χ2n) is 8.01. The third-order valence-corrected chi connectivity index (χ3v) is 7.05. The predicted octanol–water partition coefficient (Wildman–Crippen LogP) is 6.45. The van der Waals surface area contributed by atoms with Gasteiger partial charge in [0, 0.05) is 11.6 Å². The largest absolute Gasteiger partial charge is 0.297 e. The number of hydrogen-bond donors (Lipinski definition) is 2. The molecule has 0 fully saturated rings. The van der Waals surface area contributed by atoms with Gasteiger partial charge in [-0.05, 0) is 55.7 Å². The molecule has 0 aliphatic carbocycles. The van der Waals surface area contributed by atoms with Crippen molar-refractivity contribution in [3.05, 3.63) is 58.3 Å². The van der Waals surface area contributed by atoms with Crippen molar-refractivity contribution in [2.45, 2.75) is 51.0 Å². The summed E-state index contributed by atoms with van der Waals surface area (Å²) < 4.78 is 30.9. The zero-order valence-electron chi connectivity index (χ0n) is 17.8. The van der Waals surface area contributed by atoms with E-state index in [4.69, 9.17) is 23.8 Å². The third-order valence-electron chi connectivity index (χ3n) is 5.07. The second kappa shape index (κ2) is 9.97. The summed E-state index contributed by atoms with van der Waals surface area (Å²) in [5.74, 6) is 1.27. The molecule has 6 nitrogen and oxygen atoms in total. The number of aromatic nitrogens is 3. The van der Waals surface area contributed by atoms with Crippen LogP contribution in [0, 0.1) is 10.7 Å². The molecule has 1 unspecified atom stereocenters. The first kappa shape index (κ1) is 23.5. The van der Waals surface area contributed by atoms with Gasteiger partial charge in [0.15, 0.2) is 10.6 Å². The summed E-state index contributed by atoms with van der Waals surface area (Å²) in [5.41, 5.74) is 1.00. The van der Waals surface area contributed by atoms with E-state index in [-0.39, 0.29) is 10.9 Å². The lowest BCUT2D eigenvalue weighted by Crippen LogP contribution is -2.13. The molecule has 0 saturated heterocycles. The summed E-state index contributed by atoms with van der Waals surface area (Å²) in [6.45, 7) is 6.53. The summed E-state index contributed by atoms with van der Waals surface area (Å²) in [6, 6.07) is 13.5. The number of aromatic amines is 1. The molecule has 0 bridgehead atoms. The van der Waals surface area contributed by atoms with Crippen LogP contribution in [0.3, 0.4) is 0 Å². The van der Waals surface area contributed by atoms with Gasteiger partial charge >= 0.3 is 0 Å². The van der Waals surface area contributed by atoms with Gasteiger partial charge in [0.2, 0.25) is 0 Å². The van der Waals surface area contributed by atoms with E-state index >= 15 is 0 Å².